The van der Waals surface area contributed by atoms with E-state index in [0.717, 1.165) is 19.9 Å². The third-order valence-electron chi connectivity index (χ3n) is 2.72. The van der Waals surface area contributed by atoms with Crippen LogP contribution in [0, 0.1) is 20.2 Å². The van der Waals surface area contributed by atoms with E-state index in [2.05, 4.69) is 15.9 Å². The predicted molar refractivity (Wildman–Crippen MR) is 58.8 cm³/mol. The lowest BCUT2D eigenvalue weighted by Gasteiger charge is -2.33. The van der Waals surface area contributed by atoms with Gasteiger partial charge in [0.25, 0.3) is 17.4 Å². The first-order valence-electron chi connectivity index (χ1n) is 4.48. The molecule has 0 unspecified atom stereocenters. The van der Waals surface area contributed by atoms with Gasteiger partial charge < -0.3 is 5.11 Å². The zero-order valence-electron chi connectivity index (χ0n) is 8.92. The Balaban J connectivity index is 3.47. The number of carbonyl (C=O) groups is 1. The largest absolute Gasteiger partial charge is 0.375 e. The van der Waals surface area contributed by atoms with Crippen LogP contribution in [0.15, 0.2) is 10.6 Å². The SMILES string of the molecule is C[C@]1(O)C(=O)[C@](C)([N+](=O)[O-])C=C(Br)[C@H]1[N+](=O)[O-]. The van der Waals surface area contributed by atoms with Crippen LogP contribution >= 0.6 is 15.9 Å². The van der Waals surface area contributed by atoms with Crippen LogP contribution in [-0.4, -0.2) is 37.9 Å². The van der Waals surface area contributed by atoms with E-state index < -0.39 is 32.8 Å². The molecule has 17 heavy (non-hydrogen) atoms. The predicted octanol–water partition coefficient (Wildman–Crippen LogP) is 0.280. The lowest BCUT2D eigenvalue weighted by Crippen LogP contribution is -2.63. The van der Waals surface area contributed by atoms with Gasteiger partial charge in [0, 0.05) is 22.8 Å². The Morgan fingerprint density at radius 3 is 2.24 bits per heavy atom. The summed E-state index contributed by atoms with van der Waals surface area (Å²) in [7, 11) is 0. The number of Topliss-reactive ketones (excluding diaryl/α,β-unsaturated/α-hetero) is 1. The number of rotatable bonds is 2. The van der Waals surface area contributed by atoms with Crippen LogP contribution in [0.4, 0.5) is 0 Å². The summed E-state index contributed by atoms with van der Waals surface area (Å²) in [5, 5.41) is 31.5. The molecule has 1 aliphatic carbocycles. The molecule has 0 saturated heterocycles. The molecule has 0 amide bonds. The molecule has 1 rings (SSSR count). The van der Waals surface area contributed by atoms with Crippen molar-refractivity contribution in [1.82, 2.24) is 0 Å². The number of ketones is 1. The average molecular weight is 309 g/mol. The van der Waals surface area contributed by atoms with E-state index >= 15 is 0 Å². The smallest absolute Gasteiger partial charge is 0.299 e. The van der Waals surface area contributed by atoms with Gasteiger partial charge in [0.05, 0.1) is 4.48 Å². The van der Waals surface area contributed by atoms with Gasteiger partial charge in [0.2, 0.25) is 5.60 Å². The highest BCUT2D eigenvalue weighted by Gasteiger charge is 2.64. The van der Waals surface area contributed by atoms with Gasteiger partial charge in [-0.15, -0.1) is 0 Å². The molecule has 8 nitrogen and oxygen atoms in total. The van der Waals surface area contributed by atoms with Gasteiger partial charge in [-0.2, -0.15) is 0 Å². The van der Waals surface area contributed by atoms with E-state index in [-0.39, 0.29) is 4.48 Å². The molecule has 0 aromatic carbocycles. The second kappa shape index (κ2) is 3.84. The van der Waals surface area contributed by atoms with Crippen molar-refractivity contribution in [3.8, 4) is 0 Å². The minimum Gasteiger partial charge on any atom is -0.375 e. The van der Waals surface area contributed by atoms with E-state index in [4.69, 9.17) is 0 Å². The van der Waals surface area contributed by atoms with Gasteiger partial charge in [-0.3, -0.25) is 25.0 Å². The van der Waals surface area contributed by atoms with Gasteiger partial charge in [-0.25, -0.2) is 0 Å². The maximum atomic E-state index is 11.8. The molecule has 0 saturated carbocycles. The van der Waals surface area contributed by atoms with Gasteiger partial charge in [0.1, 0.15) is 0 Å². The van der Waals surface area contributed by atoms with E-state index in [1.54, 1.807) is 0 Å². The normalized spacial score (nSPS) is 37.5. The van der Waals surface area contributed by atoms with Gasteiger partial charge in [-0.1, -0.05) is 0 Å². The summed E-state index contributed by atoms with van der Waals surface area (Å²) in [6.45, 7) is 1.89. The number of hydrogen-bond donors (Lipinski definition) is 1. The summed E-state index contributed by atoms with van der Waals surface area (Å²) >= 11 is 2.81. The van der Waals surface area contributed by atoms with E-state index in [9.17, 15) is 30.1 Å². The molecule has 9 heteroatoms. The van der Waals surface area contributed by atoms with Crippen LogP contribution in [0.5, 0.6) is 0 Å². The monoisotopic (exact) mass is 308 g/mol. The lowest BCUT2D eigenvalue weighted by atomic mass is 9.76. The third-order valence-corrected chi connectivity index (χ3v) is 3.38. The second-order valence-corrected chi connectivity index (χ2v) is 5.01. The molecule has 1 N–H and O–H groups in total. The van der Waals surface area contributed by atoms with Gasteiger partial charge in [0.15, 0.2) is 0 Å². The van der Waals surface area contributed by atoms with Crippen molar-refractivity contribution >= 4 is 21.7 Å². The number of nitro groups is 2. The van der Waals surface area contributed by atoms with Crippen molar-refractivity contribution in [1.29, 1.82) is 0 Å². The minimum absolute atomic E-state index is 0.189. The molecular formula is C8H9BrN2O6. The van der Waals surface area contributed by atoms with Gasteiger partial charge in [-0.05, 0) is 22.9 Å². The molecule has 94 valence electrons. The van der Waals surface area contributed by atoms with Crippen molar-refractivity contribution in [3.05, 3.63) is 30.8 Å². The lowest BCUT2D eigenvalue weighted by molar-refractivity contribution is -0.550. The molecule has 0 aromatic rings. The molecule has 1 aliphatic rings. The fraction of sp³-hybridized carbons (Fsp3) is 0.625. The summed E-state index contributed by atoms with van der Waals surface area (Å²) in [6.07, 6.45) is 0.848. The fourth-order valence-corrected chi connectivity index (χ4v) is 2.82. The number of carbonyl (C=O) groups excluding carboxylic acids is 1. The molecule has 0 heterocycles. The van der Waals surface area contributed by atoms with Crippen LogP contribution in [0.3, 0.4) is 0 Å². The number of hydrogen-bond acceptors (Lipinski definition) is 6. The zero-order valence-corrected chi connectivity index (χ0v) is 10.5. The van der Waals surface area contributed by atoms with Gasteiger partial charge >= 0.3 is 0 Å². The first kappa shape index (κ1) is 13.7. The van der Waals surface area contributed by atoms with Crippen LogP contribution in [0.2, 0.25) is 0 Å². The number of halogens is 1. The maximum absolute atomic E-state index is 11.8. The summed E-state index contributed by atoms with van der Waals surface area (Å²) in [5.74, 6) is -1.21. The molecule has 0 spiro atoms. The van der Waals surface area contributed by atoms with Crippen molar-refractivity contribution in [2.45, 2.75) is 31.0 Å². The summed E-state index contributed by atoms with van der Waals surface area (Å²) in [6, 6.07) is -1.73. The molecule has 0 aliphatic heterocycles. The molecule has 0 radical (unpaired) electrons. The van der Waals surface area contributed by atoms with Crippen LogP contribution in [-0.2, 0) is 4.79 Å². The summed E-state index contributed by atoms with van der Waals surface area (Å²) < 4.78 is -0.189. The van der Waals surface area contributed by atoms with E-state index in [0.29, 0.717) is 0 Å². The van der Waals surface area contributed by atoms with Crippen LogP contribution in [0.25, 0.3) is 0 Å². The Kier molecular flexibility index (Phi) is 3.10. The quantitative estimate of drug-likeness (QED) is 0.577. The third kappa shape index (κ3) is 1.84. The van der Waals surface area contributed by atoms with Crippen molar-refractivity contribution in [3.63, 3.8) is 0 Å². The molecule has 0 aromatic heterocycles. The summed E-state index contributed by atoms with van der Waals surface area (Å²) in [4.78, 5) is 31.7. The first-order chi connectivity index (χ1) is 7.55. The Hall–Kier alpha value is -1.35. The molecule has 0 bridgehead atoms. The first-order valence-corrected chi connectivity index (χ1v) is 5.28. The highest BCUT2D eigenvalue weighted by Crippen LogP contribution is 2.37. The average Bonchev–Trinajstić information content (AvgIpc) is 2.12. The topological polar surface area (TPSA) is 124 Å². The Morgan fingerprint density at radius 1 is 1.41 bits per heavy atom. The molecule has 0 fully saturated rings. The number of aliphatic hydroxyl groups is 1. The standard InChI is InChI=1S/C8H9BrN2O6/c1-7(11(16)17)3-4(9)5(10(14)15)8(2,13)6(7)12/h3,5,13H,1-2H3/t5-,7-,8-/m1/s1. The number of nitrogens with zero attached hydrogens (tertiary/aromatic N) is 2. The van der Waals surface area contributed by atoms with Crippen LogP contribution < -0.4 is 0 Å². The molecule has 3 atom stereocenters. The zero-order chi connectivity index (χ0) is 13.6. The Bertz CT molecular complexity index is 445. The maximum Gasteiger partial charge on any atom is 0.299 e. The van der Waals surface area contributed by atoms with Crippen LogP contribution in [0.1, 0.15) is 13.8 Å². The van der Waals surface area contributed by atoms with Crippen molar-refractivity contribution in [2.24, 2.45) is 0 Å². The van der Waals surface area contributed by atoms with Crippen molar-refractivity contribution < 1.29 is 19.7 Å². The molecular weight excluding hydrogens is 300 g/mol. The minimum atomic E-state index is -2.43. The van der Waals surface area contributed by atoms with Crippen molar-refractivity contribution in [2.75, 3.05) is 0 Å². The highest BCUT2D eigenvalue weighted by atomic mass is 79.9. The fourth-order valence-electron chi connectivity index (χ4n) is 1.76. The highest BCUT2D eigenvalue weighted by molar-refractivity contribution is 9.11. The Labute approximate surface area is 104 Å². The van der Waals surface area contributed by atoms with E-state index in [1.165, 1.54) is 0 Å². The Morgan fingerprint density at radius 2 is 1.88 bits per heavy atom. The second-order valence-electron chi connectivity index (χ2n) is 4.10. The summed E-state index contributed by atoms with van der Waals surface area (Å²) in [5.41, 5.74) is -4.60. The van der Waals surface area contributed by atoms with E-state index in [1.807, 2.05) is 0 Å².